The largest absolute Gasteiger partial charge is 0.374 e. The number of nitro groups is 1. The molecule has 0 radical (unpaired) electrons. The second-order valence-corrected chi connectivity index (χ2v) is 5.54. The van der Waals surface area contributed by atoms with Crippen LogP contribution in [-0.2, 0) is 11.3 Å². The molecule has 8 nitrogen and oxygen atoms in total. The van der Waals surface area contributed by atoms with E-state index in [9.17, 15) is 14.9 Å². The summed E-state index contributed by atoms with van der Waals surface area (Å²) >= 11 is 0. The highest BCUT2D eigenvalue weighted by molar-refractivity contribution is 5.77. The highest BCUT2D eigenvalue weighted by Crippen LogP contribution is 2.32. The predicted molar refractivity (Wildman–Crippen MR) is 84.1 cm³/mol. The molecule has 1 unspecified atom stereocenters. The molecule has 8 heteroatoms. The Morgan fingerprint density at radius 3 is 3.00 bits per heavy atom. The first-order valence-electron chi connectivity index (χ1n) is 7.31. The van der Waals surface area contributed by atoms with E-state index in [2.05, 4.69) is 15.3 Å². The number of para-hydroxylation sites is 1. The van der Waals surface area contributed by atoms with Gasteiger partial charge in [-0.15, -0.1) is 0 Å². The minimum Gasteiger partial charge on any atom is -0.374 e. The zero-order chi connectivity index (χ0) is 16.4. The maximum absolute atomic E-state index is 12.2. The summed E-state index contributed by atoms with van der Waals surface area (Å²) in [7, 11) is 2.03. The lowest BCUT2D eigenvalue weighted by Crippen LogP contribution is -2.37. The van der Waals surface area contributed by atoms with Gasteiger partial charge in [-0.2, -0.15) is 5.10 Å². The third-order valence-corrected chi connectivity index (χ3v) is 3.95. The summed E-state index contributed by atoms with van der Waals surface area (Å²) in [6, 6.07) is 7.91. The predicted octanol–water partition coefficient (Wildman–Crippen LogP) is 1.49. The number of anilines is 1. The zero-order valence-electron chi connectivity index (χ0n) is 12.7. The summed E-state index contributed by atoms with van der Waals surface area (Å²) < 4.78 is 1.27. The molecule has 0 aliphatic carbocycles. The fourth-order valence-electron chi connectivity index (χ4n) is 2.80. The molecule has 23 heavy (non-hydrogen) atoms. The van der Waals surface area contributed by atoms with Crippen molar-refractivity contribution in [2.24, 2.45) is 0 Å². The second kappa shape index (κ2) is 6.07. The van der Waals surface area contributed by atoms with E-state index in [1.54, 1.807) is 0 Å². The van der Waals surface area contributed by atoms with Crippen molar-refractivity contribution in [3.8, 4) is 0 Å². The number of benzene rings is 1. The number of carbonyl (C=O) groups is 1. The molecule has 0 fully saturated rings. The number of hydrogen-bond donors (Lipinski definition) is 1. The molecule has 1 aromatic carbocycles. The first-order chi connectivity index (χ1) is 11.0. The van der Waals surface area contributed by atoms with Gasteiger partial charge in [-0.05, 0) is 18.1 Å². The topological polar surface area (TPSA) is 93.3 Å². The number of nitrogens with zero attached hydrogens (tertiary/aromatic N) is 4. The van der Waals surface area contributed by atoms with Gasteiger partial charge in [-0.25, -0.2) is 0 Å². The molecule has 3 rings (SSSR count). The number of nitrogens with one attached hydrogen (secondary N) is 1. The lowest BCUT2D eigenvalue weighted by Gasteiger charge is -2.33. The highest BCUT2D eigenvalue weighted by atomic mass is 16.6. The standard InChI is InChI=1S/C15H17N5O3/c1-18-7-6-13(12-4-2-3-5-14(12)18)17-15(21)10-19-9-11(8-16-19)20(22)23/h2-5,8-9,13H,6-7,10H2,1H3,(H,17,21). The van der Waals surface area contributed by atoms with Gasteiger partial charge in [0, 0.05) is 19.3 Å². The Morgan fingerprint density at radius 1 is 1.48 bits per heavy atom. The molecule has 0 bridgehead atoms. The van der Waals surface area contributed by atoms with E-state index < -0.39 is 4.92 Å². The van der Waals surface area contributed by atoms with Crippen LogP contribution in [0.5, 0.6) is 0 Å². The van der Waals surface area contributed by atoms with Gasteiger partial charge in [0.1, 0.15) is 18.9 Å². The van der Waals surface area contributed by atoms with Crippen LogP contribution in [-0.4, -0.2) is 34.2 Å². The van der Waals surface area contributed by atoms with Gasteiger partial charge in [0.05, 0.1) is 11.0 Å². The first kappa shape index (κ1) is 15.0. The van der Waals surface area contributed by atoms with Gasteiger partial charge in [0.2, 0.25) is 5.91 Å². The number of carbonyl (C=O) groups excluding carboxylic acids is 1. The van der Waals surface area contributed by atoms with Gasteiger partial charge in [0.15, 0.2) is 0 Å². The third-order valence-electron chi connectivity index (χ3n) is 3.95. The summed E-state index contributed by atoms with van der Waals surface area (Å²) in [6.07, 6.45) is 3.21. The Bertz CT molecular complexity index is 742. The van der Waals surface area contributed by atoms with Gasteiger partial charge in [0.25, 0.3) is 0 Å². The molecular formula is C15H17N5O3. The molecule has 1 N–H and O–H groups in total. The van der Waals surface area contributed by atoms with Crippen LogP contribution < -0.4 is 10.2 Å². The Balaban J connectivity index is 1.68. The van der Waals surface area contributed by atoms with E-state index in [1.807, 2.05) is 31.3 Å². The highest BCUT2D eigenvalue weighted by Gasteiger charge is 2.24. The fraction of sp³-hybridized carbons (Fsp3) is 0.333. The van der Waals surface area contributed by atoms with Crippen molar-refractivity contribution >= 4 is 17.3 Å². The van der Waals surface area contributed by atoms with Crippen molar-refractivity contribution in [3.63, 3.8) is 0 Å². The minimum absolute atomic E-state index is 0.0393. The smallest absolute Gasteiger partial charge is 0.307 e. The second-order valence-electron chi connectivity index (χ2n) is 5.54. The summed E-state index contributed by atoms with van der Waals surface area (Å²) in [5.41, 5.74) is 2.07. The molecule has 1 aliphatic heterocycles. The van der Waals surface area contributed by atoms with Crippen LogP contribution in [0.1, 0.15) is 18.0 Å². The van der Waals surface area contributed by atoms with Crippen molar-refractivity contribution in [1.29, 1.82) is 0 Å². The average molecular weight is 315 g/mol. The van der Waals surface area contributed by atoms with Crippen LogP contribution in [0.4, 0.5) is 11.4 Å². The molecule has 120 valence electrons. The molecule has 0 saturated carbocycles. The molecule has 1 aromatic heterocycles. The molecule has 0 spiro atoms. The van der Waals surface area contributed by atoms with E-state index in [0.29, 0.717) is 0 Å². The summed E-state index contributed by atoms with van der Waals surface area (Å²) in [4.78, 5) is 24.5. The van der Waals surface area contributed by atoms with Gasteiger partial charge in [-0.1, -0.05) is 18.2 Å². The maximum atomic E-state index is 12.2. The van der Waals surface area contributed by atoms with Crippen LogP contribution in [0.15, 0.2) is 36.7 Å². The molecule has 0 saturated heterocycles. The van der Waals surface area contributed by atoms with Gasteiger partial charge in [-0.3, -0.25) is 19.6 Å². The summed E-state index contributed by atoms with van der Waals surface area (Å²) in [6.45, 7) is 0.817. The SMILES string of the molecule is CN1CCC(NC(=O)Cn2cc([N+](=O)[O-])cn2)c2ccccc21. The normalized spacial score (nSPS) is 16.7. The molecule has 2 heterocycles. The van der Waals surface area contributed by atoms with Crippen molar-refractivity contribution in [2.45, 2.75) is 19.0 Å². The van der Waals surface area contributed by atoms with Crippen LogP contribution >= 0.6 is 0 Å². The van der Waals surface area contributed by atoms with E-state index in [-0.39, 0.29) is 24.2 Å². The molecule has 2 aromatic rings. The van der Waals surface area contributed by atoms with E-state index in [4.69, 9.17) is 0 Å². The van der Waals surface area contributed by atoms with Crippen molar-refractivity contribution < 1.29 is 9.72 Å². The number of fused-ring (bicyclic) bond motifs is 1. The summed E-state index contributed by atoms with van der Waals surface area (Å²) in [5, 5.41) is 17.5. The van der Waals surface area contributed by atoms with E-state index in [0.717, 1.165) is 30.4 Å². The minimum atomic E-state index is -0.533. The Labute approximate surface area is 132 Å². The summed E-state index contributed by atoms with van der Waals surface area (Å²) in [5.74, 6) is -0.215. The monoisotopic (exact) mass is 315 g/mol. The zero-order valence-corrected chi connectivity index (χ0v) is 12.7. The van der Waals surface area contributed by atoms with E-state index >= 15 is 0 Å². The van der Waals surface area contributed by atoms with Crippen LogP contribution in [0.25, 0.3) is 0 Å². The average Bonchev–Trinajstić information content (AvgIpc) is 2.99. The van der Waals surface area contributed by atoms with Crippen LogP contribution in [0, 0.1) is 10.1 Å². The van der Waals surface area contributed by atoms with Gasteiger partial charge >= 0.3 is 5.69 Å². The van der Waals surface area contributed by atoms with Crippen molar-refractivity contribution in [1.82, 2.24) is 15.1 Å². The molecule has 1 amide bonds. The van der Waals surface area contributed by atoms with Crippen molar-refractivity contribution in [2.75, 3.05) is 18.5 Å². The van der Waals surface area contributed by atoms with Crippen LogP contribution in [0.3, 0.4) is 0 Å². The van der Waals surface area contributed by atoms with Crippen LogP contribution in [0.2, 0.25) is 0 Å². The number of hydrogen-bond acceptors (Lipinski definition) is 5. The quantitative estimate of drug-likeness (QED) is 0.681. The first-order valence-corrected chi connectivity index (χ1v) is 7.31. The number of aromatic nitrogens is 2. The number of rotatable bonds is 4. The maximum Gasteiger partial charge on any atom is 0.307 e. The lowest BCUT2D eigenvalue weighted by atomic mass is 9.97. The Kier molecular flexibility index (Phi) is 3.96. The number of amides is 1. The molecule has 1 atom stereocenters. The van der Waals surface area contributed by atoms with E-state index in [1.165, 1.54) is 10.9 Å². The fourth-order valence-corrected chi connectivity index (χ4v) is 2.80. The third kappa shape index (κ3) is 3.15. The van der Waals surface area contributed by atoms with Crippen molar-refractivity contribution in [3.05, 3.63) is 52.3 Å². The Hall–Kier alpha value is -2.90. The Morgan fingerprint density at radius 2 is 2.26 bits per heavy atom. The molecule has 1 aliphatic rings. The lowest BCUT2D eigenvalue weighted by molar-refractivity contribution is -0.385. The molecular weight excluding hydrogens is 298 g/mol. The van der Waals surface area contributed by atoms with Gasteiger partial charge < -0.3 is 10.2 Å².